The van der Waals surface area contributed by atoms with E-state index in [1.807, 2.05) is 0 Å². The van der Waals surface area contributed by atoms with Crippen LogP contribution in [0.1, 0.15) is 0 Å². The number of hydrogen-bond acceptors (Lipinski definition) is 1. The fourth-order valence-electron chi connectivity index (χ4n) is 1.07. The number of hydrogen-bond donors (Lipinski definition) is 1. The van der Waals surface area contributed by atoms with Crippen molar-refractivity contribution in [2.45, 2.75) is 48.8 Å². The number of rotatable bonds is 7. The van der Waals surface area contributed by atoms with E-state index in [2.05, 4.69) is 0 Å². The van der Waals surface area contributed by atoms with E-state index in [0.29, 0.717) is 0 Å². The Balaban J connectivity index is 5.71. The third kappa shape index (κ3) is 3.20. The van der Waals surface area contributed by atoms with Crippen LogP contribution in [0.5, 0.6) is 0 Å². The molecule has 134 valence electrons. The van der Waals surface area contributed by atoms with Crippen LogP contribution in [0.3, 0.4) is 0 Å². The van der Waals surface area contributed by atoms with Crippen LogP contribution < -0.4 is 0 Å². The largest absolute Gasteiger partial charge is 0.423 e. The number of alkyl halides is 13. The topological polar surface area (TPSA) is 20.2 Å². The second-order valence-corrected chi connectivity index (χ2v) is 3.94. The van der Waals surface area contributed by atoms with Gasteiger partial charge in [-0.25, -0.2) is 22.0 Å². The van der Waals surface area contributed by atoms with Gasteiger partial charge in [-0.1, -0.05) is 0 Å². The summed E-state index contributed by atoms with van der Waals surface area (Å²) in [5.41, 5.74) is 0. The zero-order chi connectivity index (χ0) is 18.3. The van der Waals surface area contributed by atoms with Gasteiger partial charge in [-0.05, 0) is 0 Å². The van der Waals surface area contributed by atoms with Crippen LogP contribution >= 0.6 is 0 Å². The molecule has 0 heterocycles. The highest BCUT2D eigenvalue weighted by atomic mass is 19.4. The van der Waals surface area contributed by atoms with Crippen LogP contribution in [0.25, 0.3) is 0 Å². The molecule has 22 heavy (non-hydrogen) atoms. The molecule has 14 heteroatoms. The number of aliphatic hydroxyl groups is 1. The van der Waals surface area contributed by atoms with Crippen molar-refractivity contribution in [3.63, 3.8) is 0 Å². The first-order valence-electron chi connectivity index (χ1n) is 4.87. The third-order valence-electron chi connectivity index (χ3n) is 2.36. The summed E-state index contributed by atoms with van der Waals surface area (Å²) in [6.07, 6.45) is -25.8. The molecule has 3 unspecified atom stereocenters. The smallest absolute Gasteiger partial charge is 0.331 e. The Kier molecular flexibility index (Phi) is 5.67. The average molecular weight is 364 g/mol. The molecule has 1 nitrogen and oxygen atoms in total. The van der Waals surface area contributed by atoms with Gasteiger partial charge in [0.15, 0.2) is 12.3 Å². The Morgan fingerprint density at radius 2 is 0.955 bits per heavy atom. The van der Waals surface area contributed by atoms with E-state index >= 15 is 0 Å². The van der Waals surface area contributed by atoms with Crippen molar-refractivity contribution < 1.29 is 62.2 Å². The first kappa shape index (κ1) is 21.0. The minimum absolute atomic E-state index is 4.42. The van der Waals surface area contributed by atoms with E-state index in [1.165, 1.54) is 0 Å². The summed E-state index contributed by atoms with van der Waals surface area (Å²) in [5.74, 6) is -21.8. The lowest BCUT2D eigenvalue weighted by molar-refractivity contribution is -0.424. The van der Waals surface area contributed by atoms with Gasteiger partial charge in [0.25, 0.3) is 6.43 Å². The molecule has 0 aromatic heterocycles. The quantitative estimate of drug-likeness (QED) is 0.683. The second kappa shape index (κ2) is 5.92. The van der Waals surface area contributed by atoms with Gasteiger partial charge in [-0.3, -0.25) is 0 Å². The lowest BCUT2D eigenvalue weighted by atomic mass is 9.95. The molecular formula is C8H5F13O. The van der Waals surface area contributed by atoms with Crippen molar-refractivity contribution in [3.8, 4) is 0 Å². The van der Waals surface area contributed by atoms with E-state index in [1.54, 1.807) is 0 Å². The molecule has 0 saturated carbocycles. The molecule has 3 atom stereocenters. The first-order chi connectivity index (χ1) is 9.43. The highest BCUT2D eigenvalue weighted by molar-refractivity contribution is 5.05. The van der Waals surface area contributed by atoms with Gasteiger partial charge < -0.3 is 5.11 Å². The van der Waals surface area contributed by atoms with E-state index < -0.39 is 48.8 Å². The van der Waals surface area contributed by atoms with Gasteiger partial charge in [0.1, 0.15) is 0 Å². The molecule has 0 amide bonds. The van der Waals surface area contributed by atoms with Crippen molar-refractivity contribution in [2.75, 3.05) is 0 Å². The minimum atomic E-state index is -7.44. The van der Waals surface area contributed by atoms with E-state index in [-0.39, 0.29) is 0 Å². The van der Waals surface area contributed by atoms with Crippen LogP contribution in [0.4, 0.5) is 57.1 Å². The van der Waals surface area contributed by atoms with Gasteiger partial charge in [0.2, 0.25) is 6.17 Å². The van der Waals surface area contributed by atoms with Crippen molar-refractivity contribution in [3.05, 3.63) is 0 Å². The fraction of sp³-hybridized carbons (Fsp3) is 1.00. The summed E-state index contributed by atoms with van der Waals surface area (Å²) in [4.78, 5) is 0. The van der Waals surface area contributed by atoms with Crippen LogP contribution in [-0.4, -0.2) is 53.9 Å². The van der Waals surface area contributed by atoms with Crippen LogP contribution in [0.15, 0.2) is 0 Å². The molecular weight excluding hydrogens is 359 g/mol. The monoisotopic (exact) mass is 364 g/mol. The second-order valence-electron chi connectivity index (χ2n) is 3.94. The molecule has 0 aliphatic heterocycles. The minimum Gasteiger partial charge on any atom is -0.331 e. The van der Waals surface area contributed by atoms with Crippen molar-refractivity contribution in [2.24, 2.45) is 0 Å². The third-order valence-corrected chi connectivity index (χ3v) is 2.36. The van der Waals surface area contributed by atoms with Crippen molar-refractivity contribution in [1.82, 2.24) is 0 Å². The molecule has 0 bridgehead atoms. The Labute approximate surface area is 112 Å². The zero-order valence-electron chi connectivity index (χ0n) is 9.67. The Morgan fingerprint density at radius 3 is 1.23 bits per heavy atom. The van der Waals surface area contributed by atoms with Gasteiger partial charge in [0, 0.05) is 0 Å². The molecule has 0 aromatic carbocycles. The predicted octanol–water partition coefficient (Wildman–Crippen LogP) is 3.76. The molecule has 0 spiro atoms. The van der Waals surface area contributed by atoms with Crippen molar-refractivity contribution in [1.29, 1.82) is 0 Å². The summed E-state index contributed by atoms with van der Waals surface area (Å²) >= 11 is 0. The zero-order valence-corrected chi connectivity index (χ0v) is 9.67. The standard InChI is InChI=1S/C8H5F13O/c9-1(2(10)4(12)13)3(11)5(14,15)6(16,17)7(18,19)8(20,21)22/h1-4,22H. The molecule has 0 rings (SSSR count). The van der Waals surface area contributed by atoms with E-state index in [0.717, 1.165) is 0 Å². The lowest BCUT2D eigenvalue weighted by Gasteiger charge is -2.36. The summed E-state index contributed by atoms with van der Waals surface area (Å²) in [7, 11) is 0. The Hall–Kier alpha value is -0.950. The maximum atomic E-state index is 12.8. The molecule has 1 N–H and O–H groups in total. The summed E-state index contributed by atoms with van der Waals surface area (Å²) < 4.78 is 160. The molecule has 0 saturated heterocycles. The maximum Gasteiger partial charge on any atom is 0.423 e. The van der Waals surface area contributed by atoms with Gasteiger partial charge in [0.05, 0.1) is 0 Å². The van der Waals surface area contributed by atoms with Gasteiger partial charge >= 0.3 is 23.9 Å². The fourth-order valence-corrected chi connectivity index (χ4v) is 1.07. The Bertz CT molecular complexity index is 375. The summed E-state index contributed by atoms with van der Waals surface area (Å²) in [6, 6.07) is 0. The maximum absolute atomic E-state index is 12.8. The van der Waals surface area contributed by atoms with Crippen LogP contribution in [0, 0.1) is 0 Å². The predicted molar refractivity (Wildman–Crippen MR) is 42.7 cm³/mol. The van der Waals surface area contributed by atoms with Crippen LogP contribution in [0.2, 0.25) is 0 Å². The first-order valence-corrected chi connectivity index (χ1v) is 4.87. The molecule has 0 aliphatic rings. The average Bonchev–Trinajstić information content (AvgIpc) is 2.33. The highest BCUT2D eigenvalue weighted by Crippen LogP contribution is 2.54. The molecule has 0 fully saturated rings. The lowest BCUT2D eigenvalue weighted by Crippen LogP contribution is -2.66. The highest BCUT2D eigenvalue weighted by Gasteiger charge is 2.83. The molecule has 0 aromatic rings. The SMILES string of the molecule is OC(F)(F)C(F)(F)C(F)(F)C(F)(F)C(F)C(F)C(F)C(F)F. The normalized spacial score (nSPS) is 19.2. The van der Waals surface area contributed by atoms with Crippen LogP contribution in [-0.2, 0) is 0 Å². The van der Waals surface area contributed by atoms with E-state index in [9.17, 15) is 57.1 Å². The Morgan fingerprint density at radius 1 is 0.591 bits per heavy atom. The number of halogens is 13. The van der Waals surface area contributed by atoms with Gasteiger partial charge in [-0.2, -0.15) is 35.1 Å². The van der Waals surface area contributed by atoms with Crippen molar-refractivity contribution >= 4 is 0 Å². The molecule has 0 radical (unpaired) electrons. The molecule has 0 aliphatic carbocycles. The van der Waals surface area contributed by atoms with Gasteiger partial charge in [-0.15, -0.1) is 0 Å². The summed E-state index contributed by atoms with van der Waals surface area (Å²) in [5, 5.41) is 7.46. The summed E-state index contributed by atoms with van der Waals surface area (Å²) in [6.45, 7) is 0. The van der Waals surface area contributed by atoms with E-state index in [4.69, 9.17) is 5.11 Å².